The molecule has 1 saturated heterocycles. The van der Waals surface area contributed by atoms with Gasteiger partial charge in [0.2, 0.25) is 5.91 Å². The van der Waals surface area contributed by atoms with Gasteiger partial charge in [-0.3, -0.25) is 19.0 Å². The summed E-state index contributed by atoms with van der Waals surface area (Å²) in [7, 11) is 0. The Kier molecular flexibility index (Phi) is 8.75. The van der Waals surface area contributed by atoms with Crippen LogP contribution >= 0.6 is 18.3 Å². The van der Waals surface area contributed by atoms with Gasteiger partial charge >= 0.3 is 6.72 Å². The molecule has 0 bridgehead atoms. The Morgan fingerprint density at radius 1 is 1.10 bits per heavy atom. The molecule has 0 aromatic heterocycles. The van der Waals surface area contributed by atoms with Crippen LogP contribution in [0.2, 0.25) is 0 Å². The van der Waals surface area contributed by atoms with Crippen LogP contribution in [0.15, 0.2) is 59.8 Å². The minimum Gasteiger partial charge on any atom is -0.416 e. The van der Waals surface area contributed by atoms with E-state index in [9.17, 15) is 23.5 Å². The summed E-state index contributed by atoms with van der Waals surface area (Å²) in [5, 5.41) is 10.2. The summed E-state index contributed by atoms with van der Waals surface area (Å²) in [4.78, 5) is 24.6. The van der Waals surface area contributed by atoms with Crippen LogP contribution in [0.1, 0.15) is 17.5 Å². The fraction of sp³-hybridized carbons (Fsp3) is 0.360. The number of ketones is 1. The number of aliphatic hydroxyl groups excluding tert-OH is 1. The van der Waals surface area contributed by atoms with Gasteiger partial charge < -0.3 is 18.9 Å². The van der Waals surface area contributed by atoms with Gasteiger partial charge in [0.15, 0.2) is 23.8 Å². The molecule has 1 N–H and O–H groups in total. The molecule has 2 aromatic carbocycles. The zero-order chi connectivity index (χ0) is 28.5. The summed E-state index contributed by atoms with van der Waals surface area (Å²) in [6.45, 7) is -1.39. The number of carbonyl (C=O) groups is 2. The number of halogens is 4. The van der Waals surface area contributed by atoms with Crippen LogP contribution < -0.4 is 9.05 Å². The van der Waals surface area contributed by atoms with Crippen molar-refractivity contribution in [2.24, 2.45) is 0 Å². The number of rotatable bonds is 9. The third kappa shape index (κ3) is 6.32. The van der Waals surface area contributed by atoms with Gasteiger partial charge in [0, 0.05) is 18.0 Å². The summed E-state index contributed by atoms with van der Waals surface area (Å²) < 4.78 is 66.7. The highest BCUT2D eigenvalue weighted by Crippen LogP contribution is 2.52. The molecule has 1 amide bonds. The Hall–Kier alpha value is -2.47. The van der Waals surface area contributed by atoms with E-state index in [0.29, 0.717) is 4.90 Å². The zero-order valence-corrected chi connectivity index (χ0v) is 23.1. The number of aliphatic hydroxyl groups is 1. The molecule has 0 aliphatic carbocycles. The molecule has 2 aromatic rings. The molecule has 210 valence electrons. The summed E-state index contributed by atoms with van der Waals surface area (Å²) in [6.07, 6.45) is -10.4. The number of benzene rings is 2. The third-order valence-electron chi connectivity index (χ3n) is 6.10. The maximum Gasteiger partial charge on any atom is 0.435 e. The first-order chi connectivity index (χ1) is 18.3. The number of ether oxygens (including phenoxy) is 1. The minimum absolute atomic E-state index is 0.222. The molecule has 2 heterocycles. The third-order valence-corrected chi connectivity index (χ3v) is 8.49. The first kappa shape index (κ1) is 29.5. The van der Waals surface area contributed by atoms with Crippen LogP contribution in [0.3, 0.4) is 0 Å². The molecule has 39 heavy (non-hydrogen) atoms. The quantitative estimate of drug-likeness (QED) is 0.317. The van der Waals surface area contributed by atoms with Crippen molar-refractivity contribution in [2.45, 2.75) is 50.8 Å². The van der Waals surface area contributed by atoms with Crippen molar-refractivity contribution in [3.8, 4) is 11.5 Å². The van der Waals surface area contributed by atoms with Crippen molar-refractivity contribution in [1.29, 1.82) is 0 Å². The number of aryl methyl sites for hydroxylation is 2. The normalized spacial score (nSPS) is 25.7. The maximum absolute atomic E-state index is 15.2. The van der Waals surface area contributed by atoms with E-state index in [4.69, 9.17) is 41.7 Å². The van der Waals surface area contributed by atoms with Gasteiger partial charge in [-0.25, -0.2) is 13.2 Å². The van der Waals surface area contributed by atoms with Crippen LogP contribution in [0.5, 0.6) is 11.5 Å². The average molecular weight is 606 g/mol. The molecule has 2 aliphatic rings. The predicted molar refractivity (Wildman–Crippen MR) is 139 cm³/mol. The van der Waals surface area contributed by atoms with E-state index >= 15 is 4.39 Å². The zero-order valence-electron chi connectivity index (χ0n) is 20.6. The standard InChI is InChI=1S/C25H24ClF3NO7PS/c1-14-3-7-16(8-4-14)36-38(39,37-17-9-5-15(2)6-10-17)34-13-25(24(28)29)22(33)21(27)23(35-25)30-12-18(26)19(31)11-20(30)32/h3-10,12,21-24,33H,11,13H2,1-2H3/t21-,22+,23-,25-/m1/s1. The van der Waals surface area contributed by atoms with Gasteiger partial charge in [-0.05, 0) is 38.1 Å². The molecule has 14 heteroatoms. The van der Waals surface area contributed by atoms with E-state index in [0.717, 1.165) is 17.3 Å². The molecule has 1 fully saturated rings. The summed E-state index contributed by atoms with van der Waals surface area (Å²) in [6, 6.07) is 13.2. The predicted octanol–water partition coefficient (Wildman–Crippen LogP) is 4.94. The Bertz CT molecular complexity index is 1260. The number of carbonyl (C=O) groups excluding carboxylic acids is 2. The fourth-order valence-corrected chi connectivity index (χ4v) is 5.97. The lowest BCUT2D eigenvalue weighted by molar-refractivity contribution is -0.199. The second kappa shape index (κ2) is 11.6. The molecular weight excluding hydrogens is 582 g/mol. The van der Waals surface area contributed by atoms with E-state index in [-0.39, 0.29) is 11.5 Å². The molecular formula is C25H24ClF3NO7PS. The molecule has 0 spiro atoms. The Morgan fingerprint density at radius 3 is 2.10 bits per heavy atom. The second-order valence-corrected chi connectivity index (χ2v) is 12.3. The molecule has 0 radical (unpaired) electrons. The number of nitrogens with zero attached hydrogens (tertiary/aromatic N) is 1. The average Bonchev–Trinajstić information content (AvgIpc) is 3.14. The molecule has 0 unspecified atom stereocenters. The summed E-state index contributed by atoms with van der Waals surface area (Å²) >= 11 is 11.3. The fourth-order valence-electron chi connectivity index (χ4n) is 3.86. The van der Waals surface area contributed by atoms with Gasteiger partial charge in [-0.1, -0.05) is 47.0 Å². The summed E-state index contributed by atoms with van der Waals surface area (Å²) in [5.41, 5.74) is -1.14. The lowest BCUT2D eigenvalue weighted by atomic mass is 9.97. The van der Waals surface area contributed by atoms with E-state index in [2.05, 4.69) is 0 Å². The lowest BCUT2D eigenvalue weighted by Gasteiger charge is -2.34. The molecule has 2 aliphatic heterocycles. The Morgan fingerprint density at radius 2 is 1.62 bits per heavy atom. The minimum atomic E-state index is -3.93. The highest BCUT2D eigenvalue weighted by Gasteiger charge is 2.63. The van der Waals surface area contributed by atoms with Crippen molar-refractivity contribution >= 4 is 41.8 Å². The molecule has 8 nitrogen and oxygen atoms in total. The maximum atomic E-state index is 15.2. The smallest absolute Gasteiger partial charge is 0.416 e. The van der Waals surface area contributed by atoms with E-state index in [1.54, 1.807) is 48.5 Å². The molecule has 4 atom stereocenters. The summed E-state index contributed by atoms with van der Waals surface area (Å²) in [5.74, 6) is -1.22. The number of alkyl halides is 3. The number of Topliss-reactive ketones (excluding diaryl/α,β-unsaturated/α-hetero) is 1. The first-order valence-corrected chi connectivity index (χ1v) is 14.5. The number of allylic oxidation sites excluding steroid dienone is 1. The van der Waals surface area contributed by atoms with Crippen LogP contribution in [-0.2, 0) is 30.7 Å². The van der Waals surface area contributed by atoms with Gasteiger partial charge in [-0.15, -0.1) is 0 Å². The Labute approximate surface area is 232 Å². The van der Waals surface area contributed by atoms with E-state index in [1.165, 1.54) is 0 Å². The van der Waals surface area contributed by atoms with Crippen molar-refractivity contribution in [3.63, 3.8) is 0 Å². The first-order valence-electron chi connectivity index (χ1n) is 11.6. The monoisotopic (exact) mass is 605 g/mol. The highest BCUT2D eigenvalue weighted by atomic mass is 35.5. The Balaban J connectivity index is 1.62. The van der Waals surface area contributed by atoms with Gasteiger partial charge in [-0.2, -0.15) is 0 Å². The van der Waals surface area contributed by atoms with Crippen LogP contribution in [0.4, 0.5) is 13.2 Å². The van der Waals surface area contributed by atoms with E-state index < -0.39 is 67.0 Å². The second-order valence-electron chi connectivity index (χ2n) is 9.06. The number of hydrogen-bond donors (Lipinski definition) is 1. The highest BCUT2D eigenvalue weighted by molar-refractivity contribution is 8.07. The molecule has 0 saturated carbocycles. The largest absolute Gasteiger partial charge is 0.435 e. The van der Waals surface area contributed by atoms with Crippen LogP contribution in [0, 0.1) is 13.8 Å². The van der Waals surface area contributed by atoms with Gasteiger partial charge in [0.1, 0.15) is 22.6 Å². The van der Waals surface area contributed by atoms with Crippen LogP contribution in [-0.4, -0.2) is 58.8 Å². The van der Waals surface area contributed by atoms with Crippen LogP contribution in [0.25, 0.3) is 0 Å². The van der Waals surface area contributed by atoms with Gasteiger partial charge in [0.25, 0.3) is 6.43 Å². The van der Waals surface area contributed by atoms with Crippen molar-refractivity contribution < 1.29 is 46.2 Å². The van der Waals surface area contributed by atoms with Crippen molar-refractivity contribution in [3.05, 3.63) is 70.9 Å². The van der Waals surface area contributed by atoms with E-state index in [1.807, 2.05) is 13.8 Å². The molecule has 4 rings (SSSR count). The van der Waals surface area contributed by atoms with Crippen molar-refractivity contribution in [1.82, 2.24) is 4.90 Å². The van der Waals surface area contributed by atoms with Gasteiger partial charge in [0.05, 0.1) is 13.0 Å². The van der Waals surface area contributed by atoms with Crippen molar-refractivity contribution in [2.75, 3.05) is 6.61 Å². The topological polar surface area (TPSA) is 94.5 Å². The number of hydrogen-bond acceptors (Lipinski definition) is 8. The number of amides is 1. The lowest BCUT2D eigenvalue weighted by Crippen LogP contribution is -2.52. The SMILES string of the molecule is Cc1ccc(OP(=S)(OC[C@@]2(C(F)F)O[C@@H](N3C=C(Cl)C(=O)CC3=O)[C@H](F)[C@@H]2O)Oc2ccc(C)cc2)cc1.